The van der Waals surface area contributed by atoms with Crippen LogP contribution in [0.15, 0.2) is 24.5 Å². The molecule has 1 saturated heterocycles. The van der Waals surface area contributed by atoms with Crippen molar-refractivity contribution in [3.05, 3.63) is 35.0 Å². The third kappa shape index (κ3) is 3.82. The SMILES string of the molecule is CCc1cc(NC(=O)C(=O)N2C[C@@H](C)CC[C@@H]2c2cc3cn[nH]c3s2)cnc1N. The summed E-state index contributed by atoms with van der Waals surface area (Å²) in [5.74, 6) is -0.392. The minimum absolute atomic E-state index is 0.106. The van der Waals surface area contributed by atoms with E-state index in [0.717, 1.165) is 33.5 Å². The number of nitrogen functional groups attached to an aromatic ring is 1. The van der Waals surface area contributed by atoms with Gasteiger partial charge in [-0.1, -0.05) is 13.8 Å². The second-order valence-corrected chi connectivity index (χ2v) is 8.62. The fourth-order valence-electron chi connectivity index (χ4n) is 3.79. The van der Waals surface area contributed by atoms with Gasteiger partial charge in [-0.3, -0.25) is 14.7 Å². The molecule has 0 radical (unpaired) electrons. The molecule has 1 aliphatic rings. The topological polar surface area (TPSA) is 117 Å². The first-order valence-corrected chi connectivity index (χ1v) is 10.6. The molecule has 0 aliphatic carbocycles. The van der Waals surface area contributed by atoms with Crippen molar-refractivity contribution < 1.29 is 9.59 Å². The molecule has 2 amide bonds. The smallest absolute Gasteiger partial charge is 0.313 e. The molecule has 29 heavy (non-hydrogen) atoms. The number of hydrogen-bond donors (Lipinski definition) is 3. The molecule has 3 aromatic rings. The Morgan fingerprint density at radius 3 is 2.93 bits per heavy atom. The lowest BCUT2D eigenvalue weighted by Crippen LogP contribution is -2.46. The maximum atomic E-state index is 13.1. The van der Waals surface area contributed by atoms with Crippen LogP contribution in [0, 0.1) is 5.92 Å². The molecule has 152 valence electrons. The number of nitrogens with one attached hydrogen (secondary N) is 2. The van der Waals surface area contributed by atoms with Gasteiger partial charge in [0.15, 0.2) is 0 Å². The highest BCUT2D eigenvalue weighted by atomic mass is 32.1. The third-order valence-corrected chi connectivity index (χ3v) is 6.55. The number of carbonyl (C=O) groups is 2. The van der Waals surface area contributed by atoms with Crippen molar-refractivity contribution in [1.82, 2.24) is 20.1 Å². The highest BCUT2D eigenvalue weighted by Crippen LogP contribution is 2.38. The van der Waals surface area contributed by atoms with Crippen LogP contribution in [-0.4, -0.2) is 38.4 Å². The highest BCUT2D eigenvalue weighted by Gasteiger charge is 2.35. The molecule has 0 unspecified atom stereocenters. The number of rotatable bonds is 3. The Kier molecular flexibility index (Phi) is 5.23. The number of nitrogens with two attached hydrogens (primary N) is 1. The van der Waals surface area contributed by atoms with E-state index in [2.05, 4.69) is 33.5 Å². The van der Waals surface area contributed by atoms with Crippen molar-refractivity contribution in [3.63, 3.8) is 0 Å². The van der Waals surface area contributed by atoms with Gasteiger partial charge >= 0.3 is 11.8 Å². The number of H-pyrrole nitrogens is 1. The number of hydrogen-bond acceptors (Lipinski definition) is 6. The number of aryl methyl sites for hydroxylation is 1. The van der Waals surface area contributed by atoms with Crippen LogP contribution in [0.5, 0.6) is 0 Å². The van der Waals surface area contributed by atoms with Crippen molar-refractivity contribution in [2.45, 2.75) is 39.2 Å². The Labute approximate surface area is 172 Å². The quantitative estimate of drug-likeness (QED) is 0.572. The number of carbonyl (C=O) groups excluding carboxylic acids is 2. The van der Waals surface area contributed by atoms with E-state index in [1.807, 2.05) is 6.92 Å². The van der Waals surface area contributed by atoms with Crippen LogP contribution in [0.25, 0.3) is 10.2 Å². The number of thiophene rings is 1. The summed E-state index contributed by atoms with van der Waals surface area (Å²) in [5, 5.41) is 10.7. The van der Waals surface area contributed by atoms with E-state index < -0.39 is 11.8 Å². The molecule has 3 aromatic heterocycles. The van der Waals surface area contributed by atoms with Gasteiger partial charge in [0, 0.05) is 16.8 Å². The summed E-state index contributed by atoms with van der Waals surface area (Å²) in [6.07, 6.45) is 5.80. The van der Waals surface area contributed by atoms with Crippen LogP contribution < -0.4 is 11.1 Å². The van der Waals surface area contributed by atoms with Gasteiger partial charge < -0.3 is 16.0 Å². The predicted octanol–water partition coefficient (Wildman–Crippen LogP) is 3.10. The number of aromatic nitrogens is 3. The van der Waals surface area contributed by atoms with Crippen molar-refractivity contribution in [3.8, 4) is 0 Å². The number of amides is 2. The van der Waals surface area contributed by atoms with Gasteiger partial charge in [0.1, 0.15) is 10.6 Å². The van der Waals surface area contributed by atoms with Gasteiger partial charge in [-0.25, -0.2) is 4.98 Å². The summed E-state index contributed by atoms with van der Waals surface area (Å²) < 4.78 is 0. The average molecular weight is 413 g/mol. The largest absolute Gasteiger partial charge is 0.383 e. The average Bonchev–Trinajstić information content (AvgIpc) is 3.31. The molecular formula is C20H24N6O2S. The normalized spacial score (nSPS) is 19.4. The summed E-state index contributed by atoms with van der Waals surface area (Å²) in [6, 6.07) is 3.71. The fraction of sp³-hybridized carbons (Fsp3) is 0.400. The van der Waals surface area contributed by atoms with Gasteiger partial charge in [0.05, 0.1) is 24.1 Å². The van der Waals surface area contributed by atoms with Gasteiger partial charge in [-0.2, -0.15) is 5.10 Å². The summed E-state index contributed by atoms with van der Waals surface area (Å²) in [5.41, 5.74) is 7.14. The lowest BCUT2D eigenvalue weighted by atomic mass is 9.93. The Morgan fingerprint density at radius 1 is 1.34 bits per heavy atom. The molecule has 2 atom stereocenters. The van der Waals surface area contributed by atoms with Crippen molar-refractivity contribution in [1.29, 1.82) is 0 Å². The first-order valence-electron chi connectivity index (χ1n) is 9.75. The lowest BCUT2D eigenvalue weighted by Gasteiger charge is -2.37. The van der Waals surface area contributed by atoms with E-state index in [4.69, 9.17) is 5.73 Å². The molecule has 0 spiro atoms. The van der Waals surface area contributed by atoms with Crippen LogP contribution in [0.3, 0.4) is 0 Å². The number of pyridine rings is 1. The molecule has 4 heterocycles. The number of piperidine rings is 1. The van der Waals surface area contributed by atoms with Crippen LogP contribution in [0.2, 0.25) is 0 Å². The molecule has 4 rings (SSSR count). The number of likely N-dealkylation sites (tertiary alicyclic amines) is 1. The number of fused-ring (bicyclic) bond motifs is 1. The second kappa shape index (κ2) is 7.82. The third-order valence-electron chi connectivity index (χ3n) is 5.39. The Balaban J connectivity index is 1.55. The first-order chi connectivity index (χ1) is 14.0. The highest BCUT2D eigenvalue weighted by molar-refractivity contribution is 7.18. The monoisotopic (exact) mass is 412 g/mol. The molecule has 0 saturated carbocycles. The minimum atomic E-state index is -0.651. The van der Waals surface area contributed by atoms with E-state index in [9.17, 15) is 9.59 Å². The standard InChI is InChI=1S/C20H24N6O2S/c1-3-12-6-14(9-22-17(12)21)24-18(27)20(28)26-10-11(2)4-5-15(26)16-7-13-8-23-25-19(13)29-16/h6-9,11,15H,3-5,10H2,1-2H3,(H2,21,22)(H,23,25)(H,24,27)/t11-,15+/m0/s1. The molecule has 1 fully saturated rings. The Morgan fingerprint density at radius 2 is 2.17 bits per heavy atom. The maximum Gasteiger partial charge on any atom is 0.313 e. The van der Waals surface area contributed by atoms with Crippen molar-refractivity contribution >= 4 is 44.9 Å². The minimum Gasteiger partial charge on any atom is -0.383 e. The van der Waals surface area contributed by atoms with Crippen LogP contribution in [0.4, 0.5) is 11.5 Å². The zero-order chi connectivity index (χ0) is 20.5. The number of anilines is 2. The van der Waals surface area contributed by atoms with Gasteiger partial charge in [-0.05, 0) is 42.9 Å². The molecule has 4 N–H and O–H groups in total. The molecule has 1 aliphatic heterocycles. The first kappa shape index (κ1) is 19.4. The van der Waals surface area contributed by atoms with E-state index in [1.165, 1.54) is 6.20 Å². The van der Waals surface area contributed by atoms with Crippen molar-refractivity contribution in [2.24, 2.45) is 5.92 Å². The Bertz CT molecular complexity index is 1030. The number of aromatic amines is 1. The van der Waals surface area contributed by atoms with Gasteiger partial charge in [-0.15, -0.1) is 11.3 Å². The van der Waals surface area contributed by atoms with Crippen LogP contribution >= 0.6 is 11.3 Å². The summed E-state index contributed by atoms with van der Waals surface area (Å²) in [4.78, 5) is 33.6. The van der Waals surface area contributed by atoms with E-state index in [0.29, 0.717) is 30.4 Å². The van der Waals surface area contributed by atoms with Gasteiger partial charge in [0.25, 0.3) is 0 Å². The van der Waals surface area contributed by atoms with Crippen molar-refractivity contribution in [2.75, 3.05) is 17.6 Å². The zero-order valence-electron chi connectivity index (χ0n) is 16.4. The summed E-state index contributed by atoms with van der Waals surface area (Å²) >= 11 is 1.59. The second-order valence-electron chi connectivity index (χ2n) is 7.54. The zero-order valence-corrected chi connectivity index (χ0v) is 17.3. The predicted molar refractivity (Wildman–Crippen MR) is 113 cm³/mol. The molecule has 8 nitrogen and oxygen atoms in total. The number of nitrogens with zero attached hydrogens (tertiary/aromatic N) is 3. The van der Waals surface area contributed by atoms with E-state index in [1.54, 1.807) is 28.5 Å². The Hall–Kier alpha value is -2.94. The molecular weight excluding hydrogens is 388 g/mol. The summed E-state index contributed by atoms with van der Waals surface area (Å²) in [7, 11) is 0. The van der Waals surface area contributed by atoms with E-state index in [-0.39, 0.29) is 6.04 Å². The van der Waals surface area contributed by atoms with Crippen LogP contribution in [0.1, 0.15) is 43.2 Å². The molecule has 9 heteroatoms. The van der Waals surface area contributed by atoms with Gasteiger partial charge in [0.2, 0.25) is 0 Å². The van der Waals surface area contributed by atoms with E-state index >= 15 is 0 Å². The summed E-state index contributed by atoms with van der Waals surface area (Å²) in [6.45, 7) is 4.62. The molecule has 0 bridgehead atoms. The maximum absolute atomic E-state index is 13.1. The fourth-order valence-corrected chi connectivity index (χ4v) is 4.92. The lowest BCUT2D eigenvalue weighted by molar-refractivity contribution is -0.146. The molecule has 0 aromatic carbocycles. The van der Waals surface area contributed by atoms with Crippen LogP contribution in [-0.2, 0) is 16.0 Å².